The third-order valence-corrected chi connectivity index (χ3v) is 10.5. The van der Waals surface area contributed by atoms with Gasteiger partial charge in [0.05, 0.1) is 26.4 Å². The lowest BCUT2D eigenvalue weighted by atomic mass is 9.86. The first-order chi connectivity index (χ1) is 20.3. The summed E-state index contributed by atoms with van der Waals surface area (Å²) in [6.45, 7) is 13.5. The van der Waals surface area contributed by atoms with Crippen LogP contribution in [0.25, 0.3) is 21.5 Å². The molecular weight excluding hydrogens is 544 g/mol. The van der Waals surface area contributed by atoms with Crippen molar-refractivity contribution in [2.24, 2.45) is 5.41 Å². The molecule has 6 heteroatoms. The molecule has 1 fully saturated rings. The number of rotatable bonds is 11. The van der Waals surface area contributed by atoms with E-state index in [1.165, 1.54) is 0 Å². The van der Waals surface area contributed by atoms with Gasteiger partial charge in [-0.1, -0.05) is 65.0 Å². The van der Waals surface area contributed by atoms with Gasteiger partial charge in [-0.25, -0.2) is 0 Å². The number of carbonyl (C=O) groups excluding carboxylic acids is 1. The standard InChI is InChI=1S/C36H43O5S/c1-6-16-39-32-23-25-12-13-27(22-26(25)24-33(32)40-17-7-2)41-31-15-14-30(28-10-8-9-11-29(28)31)34(37)35(36(3,4)5)42-20-18-38-19-21-42/h8-15,22-24,35H,6-7,16-21H2,1-5H3/q+1. The molecule has 0 saturated carbocycles. The van der Waals surface area contributed by atoms with Crippen LogP contribution in [0.15, 0.2) is 66.7 Å². The lowest BCUT2D eigenvalue weighted by Gasteiger charge is -2.31. The molecule has 0 aliphatic carbocycles. The molecule has 0 bridgehead atoms. The fraction of sp³-hybridized carbons (Fsp3) is 0.417. The minimum atomic E-state index is -0.139. The second-order valence-corrected chi connectivity index (χ2v) is 14.3. The predicted octanol–water partition coefficient (Wildman–Crippen LogP) is 8.61. The van der Waals surface area contributed by atoms with Crippen molar-refractivity contribution in [2.45, 2.75) is 52.7 Å². The molecule has 0 spiro atoms. The van der Waals surface area contributed by atoms with Crippen molar-refractivity contribution in [3.63, 3.8) is 0 Å². The van der Waals surface area contributed by atoms with Gasteiger partial charge in [-0.05, 0) is 65.4 Å². The van der Waals surface area contributed by atoms with Crippen molar-refractivity contribution in [1.29, 1.82) is 0 Å². The summed E-state index contributed by atoms with van der Waals surface area (Å²) in [6, 6.07) is 22.1. The summed E-state index contributed by atoms with van der Waals surface area (Å²) in [5.74, 6) is 5.11. The van der Waals surface area contributed by atoms with Gasteiger partial charge in [0.15, 0.2) is 16.7 Å². The number of benzene rings is 4. The molecule has 0 radical (unpaired) electrons. The molecule has 4 aromatic carbocycles. The first-order valence-corrected chi connectivity index (χ1v) is 16.7. The van der Waals surface area contributed by atoms with Crippen molar-refractivity contribution in [3.05, 3.63) is 72.3 Å². The van der Waals surface area contributed by atoms with E-state index in [0.717, 1.165) is 87.7 Å². The molecule has 0 N–H and O–H groups in total. The summed E-state index contributed by atoms with van der Waals surface area (Å²) >= 11 is 0. The first-order valence-electron chi connectivity index (χ1n) is 15.1. The zero-order valence-electron chi connectivity index (χ0n) is 25.5. The molecule has 0 amide bonds. The van der Waals surface area contributed by atoms with E-state index in [4.69, 9.17) is 18.9 Å². The van der Waals surface area contributed by atoms with Crippen LogP contribution < -0.4 is 14.2 Å². The quantitative estimate of drug-likeness (QED) is 0.130. The number of carbonyl (C=O) groups is 1. The molecule has 1 atom stereocenters. The monoisotopic (exact) mass is 587 g/mol. The molecule has 1 saturated heterocycles. The van der Waals surface area contributed by atoms with E-state index in [9.17, 15) is 4.79 Å². The van der Waals surface area contributed by atoms with Crippen LogP contribution in [0.2, 0.25) is 0 Å². The van der Waals surface area contributed by atoms with Gasteiger partial charge in [0.2, 0.25) is 5.78 Å². The van der Waals surface area contributed by atoms with Crippen molar-refractivity contribution < 1.29 is 23.7 Å². The Morgan fingerprint density at radius 3 is 2.10 bits per heavy atom. The van der Waals surface area contributed by atoms with Crippen LogP contribution >= 0.6 is 0 Å². The van der Waals surface area contributed by atoms with Crippen LogP contribution in [0.4, 0.5) is 0 Å². The SMILES string of the molecule is CCCOc1cc2ccc(Oc3ccc(C(=O)C([S+]4CCOCC4)C(C)(C)C)c4ccccc34)cc2cc1OCCC. The topological polar surface area (TPSA) is 54.0 Å². The van der Waals surface area contributed by atoms with Gasteiger partial charge in [0.1, 0.15) is 23.0 Å². The highest BCUT2D eigenvalue weighted by atomic mass is 32.2. The summed E-state index contributed by atoms with van der Waals surface area (Å²) in [5.41, 5.74) is 0.632. The van der Waals surface area contributed by atoms with Crippen molar-refractivity contribution in [1.82, 2.24) is 0 Å². The number of fused-ring (bicyclic) bond motifs is 2. The number of hydrogen-bond donors (Lipinski definition) is 0. The van der Waals surface area contributed by atoms with Gasteiger partial charge in [0.25, 0.3) is 0 Å². The summed E-state index contributed by atoms with van der Waals surface area (Å²) in [4.78, 5) is 14.2. The highest BCUT2D eigenvalue weighted by Gasteiger charge is 2.46. The molecule has 1 heterocycles. The van der Waals surface area contributed by atoms with E-state index >= 15 is 0 Å². The van der Waals surface area contributed by atoms with Crippen LogP contribution in [0, 0.1) is 5.41 Å². The van der Waals surface area contributed by atoms with Crippen LogP contribution in [0.5, 0.6) is 23.0 Å². The van der Waals surface area contributed by atoms with Crippen molar-refractivity contribution in [2.75, 3.05) is 37.9 Å². The van der Waals surface area contributed by atoms with E-state index < -0.39 is 0 Å². The number of hydrogen-bond acceptors (Lipinski definition) is 5. The maximum absolute atomic E-state index is 14.2. The fourth-order valence-corrected chi connectivity index (χ4v) is 8.38. The molecule has 4 aromatic rings. The molecule has 1 unspecified atom stereocenters. The summed E-state index contributed by atoms with van der Waals surface area (Å²) < 4.78 is 24.1. The Labute approximate surface area is 252 Å². The Morgan fingerprint density at radius 2 is 1.45 bits per heavy atom. The number of Topliss-reactive ketones (excluding diaryl/α,β-unsaturated/α-hetero) is 1. The third-order valence-electron chi connectivity index (χ3n) is 7.51. The van der Waals surface area contributed by atoms with Gasteiger partial charge in [-0.2, -0.15) is 0 Å². The molecule has 1 aliphatic heterocycles. The fourth-order valence-electron chi connectivity index (χ4n) is 5.61. The first kappa shape index (κ1) is 30.2. The van der Waals surface area contributed by atoms with Crippen LogP contribution in [-0.2, 0) is 15.6 Å². The molecule has 5 nitrogen and oxygen atoms in total. The minimum Gasteiger partial charge on any atom is -0.490 e. The molecule has 5 rings (SSSR count). The van der Waals surface area contributed by atoms with Crippen LogP contribution in [-0.4, -0.2) is 49.0 Å². The zero-order valence-corrected chi connectivity index (χ0v) is 26.4. The van der Waals surface area contributed by atoms with Gasteiger partial charge >= 0.3 is 0 Å². The highest BCUT2D eigenvalue weighted by molar-refractivity contribution is 7.98. The molecule has 42 heavy (non-hydrogen) atoms. The second-order valence-electron chi connectivity index (χ2n) is 11.9. The van der Waals surface area contributed by atoms with E-state index in [1.807, 2.05) is 60.7 Å². The Balaban J connectivity index is 1.48. The molecular formula is C36H43O5S+. The molecule has 0 aromatic heterocycles. The number of ketones is 1. The van der Waals surface area contributed by atoms with Crippen LogP contribution in [0.3, 0.4) is 0 Å². The van der Waals surface area contributed by atoms with Gasteiger partial charge in [-0.15, -0.1) is 0 Å². The summed E-state index contributed by atoms with van der Waals surface area (Å²) in [5, 5.41) is 3.89. The highest BCUT2D eigenvalue weighted by Crippen LogP contribution is 2.39. The number of ether oxygens (including phenoxy) is 4. The normalized spacial score (nSPS) is 15.1. The predicted molar refractivity (Wildman–Crippen MR) is 175 cm³/mol. The van der Waals surface area contributed by atoms with Gasteiger partial charge in [-0.3, -0.25) is 4.79 Å². The van der Waals surface area contributed by atoms with E-state index in [0.29, 0.717) is 13.2 Å². The smallest absolute Gasteiger partial charge is 0.216 e. The maximum atomic E-state index is 14.2. The van der Waals surface area contributed by atoms with Crippen molar-refractivity contribution >= 4 is 38.2 Å². The van der Waals surface area contributed by atoms with Crippen molar-refractivity contribution in [3.8, 4) is 23.0 Å². The summed E-state index contributed by atoms with van der Waals surface area (Å²) in [7, 11) is -0.00906. The molecule has 222 valence electrons. The van der Waals surface area contributed by atoms with Crippen LogP contribution in [0.1, 0.15) is 57.8 Å². The zero-order chi connectivity index (χ0) is 29.7. The third kappa shape index (κ3) is 6.71. The lowest BCUT2D eigenvalue weighted by molar-refractivity contribution is 0.0947. The Morgan fingerprint density at radius 1 is 0.810 bits per heavy atom. The minimum absolute atomic E-state index is 0.00906. The maximum Gasteiger partial charge on any atom is 0.216 e. The average molecular weight is 588 g/mol. The Hall–Kier alpha value is -3.22. The van der Waals surface area contributed by atoms with E-state index in [2.05, 4.69) is 40.7 Å². The van der Waals surface area contributed by atoms with Gasteiger partial charge in [0, 0.05) is 27.3 Å². The second kappa shape index (κ2) is 13.4. The average Bonchev–Trinajstić information content (AvgIpc) is 2.98. The van der Waals surface area contributed by atoms with Gasteiger partial charge < -0.3 is 18.9 Å². The van der Waals surface area contributed by atoms with E-state index in [-0.39, 0.29) is 27.3 Å². The Bertz CT molecular complexity index is 1530. The Kier molecular flexibility index (Phi) is 9.64. The van der Waals surface area contributed by atoms with E-state index in [1.54, 1.807) is 0 Å². The lowest BCUT2D eigenvalue weighted by Crippen LogP contribution is -2.47. The largest absolute Gasteiger partial charge is 0.490 e. The molecule has 1 aliphatic rings. The summed E-state index contributed by atoms with van der Waals surface area (Å²) in [6.07, 6.45) is 1.86.